The van der Waals surface area contributed by atoms with Gasteiger partial charge in [0.2, 0.25) is 6.79 Å². The molecule has 35 heavy (non-hydrogen) atoms. The maximum atomic E-state index is 14.9. The summed E-state index contributed by atoms with van der Waals surface area (Å²) in [6, 6.07) is 4.35. The van der Waals surface area contributed by atoms with Gasteiger partial charge in [0.25, 0.3) is 0 Å². The normalized spacial score (nSPS) is 22.6. The summed E-state index contributed by atoms with van der Waals surface area (Å²) in [5.74, 6) is -1.22. The van der Waals surface area contributed by atoms with Crippen molar-refractivity contribution in [2.75, 3.05) is 36.8 Å². The Hall–Kier alpha value is -2.89. The van der Waals surface area contributed by atoms with Crippen LogP contribution in [0.25, 0.3) is 0 Å². The van der Waals surface area contributed by atoms with Gasteiger partial charge in [-0.1, -0.05) is 18.9 Å². The summed E-state index contributed by atoms with van der Waals surface area (Å²) < 4.78 is 53.4. The van der Waals surface area contributed by atoms with Crippen LogP contribution in [0, 0.1) is 11.7 Å². The van der Waals surface area contributed by atoms with Gasteiger partial charge in [0.1, 0.15) is 15.7 Å². The number of rotatable bonds is 6. The summed E-state index contributed by atoms with van der Waals surface area (Å²) in [4.78, 5) is 38.9. The summed E-state index contributed by atoms with van der Waals surface area (Å²) in [6.45, 7) is -0.579. The molecule has 1 aromatic carbocycles. The lowest BCUT2D eigenvalue weighted by atomic mass is 9.93. The molecule has 0 aromatic heterocycles. The highest BCUT2D eigenvalue weighted by molar-refractivity contribution is 7.91. The van der Waals surface area contributed by atoms with E-state index in [2.05, 4.69) is 0 Å². The number of carbonyl (C=O) groups excluding carboxylic acids is 3. The number of halogens is 1. The minimum atomic E-state index is -3.06. The molecule has 0 unspecified atom stereocenters. The highest BCUT2D eigenvalue weighted by atomic mass is 32.2. The molecule has 3 aliphatic rings. The Morgan fingerprint density at radius 1 is 1.14 bits per heavy atom. The largest absolute Gasteiger partial charge is 0.428 e. The first kappa shape index (κ1) is 25.2. The topological polar surface area (TPSA) is 120 Å². The number of likely N-dealkylation sites (N-methyl/N-ethyl adjacent to an activating group) is 1. The van der Waals surface area contributed by atoms with Gasteiger partial charge in [-0.15, -0.1) is 0 Å². The average Bonchev–Trinajstić information content (AvgIpc) is 3.49. The quantitative estimate of drug-likeness (QED) is 0.421. The second-order valence-electron chi connectivity index (χ2n) is 9.16. The molecule has 0 spiro atoms. The summed E-state index contributed by atoms with van der Waals surface area (Å²) in [7, 11) is -1.68. The zero-order valence-corrected chi connectivity index (χ0v) is 20.3. The number of cyclic esters (lactones) is 1. The third-order valence-corrected chi connectivity index (χ3v) is 8.59. The third kappa shape index (κ3) is 5.85. The molecule has 192 valence electrons. The molecule has 2 heterocycles. The van der Waals surface area contributed by atoms with E-state index in [4.69, 9.17) is 14.2 Å². The number of hydrogen-bond donors (Lipinski definition) is 0. The van der Waals surface area contributed by atoms with E-state index in [1.807, 2.05) is 0 Å². The summed E-state index contributed by atoms with van der Waals surface area (Å²) in [5.41, 5.74) is 0.676. The molecule has 0 N–H and O–H groups in total. The number of nitrogens with zero attached hydrogens (tertiary/aromatic N) is 2. The Kier molecular flexibility index (Phi) is 7.48. The third-order valence-electron chi connectivity index (χ3n) is 6.88. The molecule has 1 atom stereocenters. The molecular weight excluding hydrogens is 483 g/mol. The van der Waals surface area contributed by atoms with Crippen LogP contribution in [-0.2, 0) is 28.8 Å². The average molecular weight is 513 g/mol. The van der Waals surface area contributed by atoms with Crippen molar-refractivity contribution in [1.82, 2.24) is 4.90 Å². The molecule has 4 rings (SSSR count). The van der Waals surface area contributed by atoms with Crippen LogP contribution in [-0.4, -0.2) is 69.6 Å². The second-order valence-corrected chi connectivity index (χ2v) is 11.5. The van der Waals surface area contributed by atoms with E-state index in [-0.39, 0.29) is 35.6 Å². The fourth-order valence-electron chi connectivity index (χ4n) is 4.71. The van der Waals surface area contributed by atoms with Crippen molar-refractivity contribution >= 4 is 33.7 Å². The highest BCUT2D eigenvalue weighted by Crippen LogP contribution is 2.33. The van der Waals surface area contributed by atoms with Gasteiger partial charge in [0.15, 0.2) is 6.23 Å². The first-order valence-corrected chi connectivity index (χ1v) is 13.5. The predicted octanol–water partition coefficient (Wildman–Crippen LogP) is 3.16. The van der Waals surface area contributed by atoms with Crippen LogP contribution in [0.2, 0.25) is 0 Å². The summed E-state index contributed by atoms with van der Waals surface area (Å²) >= 11 is 0. The van der Waals surface area contributed by atoms with Crippen LogP contribution in [0.4, 0.5) is 19.7 Å². The molecule has 2 amide bonds. The van der Waals surface area contributed by atoms with Crippen molar-refractivity contribution in [2.45, 2.75) is 50.7 Å². The lowest BCUT2D eigenvalue weighted by Crippen LogP contribution is -2.40. The van der Waals surface area contributed by atoms with E-state index in [1.165, 1.54) is 18.0 Å². The first-order chi connectivity index (χ1) is 16.6. The van der Waals surface area contributed by atoms with Gasteiger partial charge in [0, 0.05) is 7.05 Å². The van der Waals surface area contributed by atoms with E-state index < -0.39 is 46.8 Å². The number of carbonyl (C=O) groups is 3. The Morgan fingerprint density at radius 3 is 2.49 bits per heavy atom. The molecule has 10 nitrogen and oxygen atoms in total. The van der Waals surface area contributed by atoms with Crippen molar-refractivity contribution < 1.29 is 41.4 Å². The van der Waals surface area contributed by atoms with Gasteiger partial charge in [-0.2, -0.15) is 0 Å². The van der Waals surface area contributed by atoms with Gasteiger partial charge in [-0.3, -0.25) is 14.6 Å². The van der Waals surface area contributed by atoms with Gasteiger partial charge < -0.3 is 14.2 Å². The fourth-order valence-corrected chi connectivity index (χ4v) is 6.20. The van der Waals surface area contributed by atoms with E-state index in [1.54, 1.807) is 12.1 Å². The van der Waals surface area contributed by atoms with Crippen LogP contribution in [0.1, 0.15) is 50.0 Å². The SMILES string of the molecule is CN(C(=O)OCOC(=O)C1CCCC1)[C@@H]1CN(c2ccc(C3CCS(=O)(=O)CC3)c(F)c2)C(=O)O1. The highest BCUT2D eigenvalue weighted by Gasteiger charge is 2.38. The Bertz CT molecular complexity index is 1070. The molecule has 1 aromatic rings. The van der Waals surface area contributed by atoms with E-state index in [9.17, 15) is 27.2 Å². The Labute approximate surface area is 203 Å². The number of amides is 2. The van der Waals surface area contributed by atoms with Crippen LogP contribution >= 0.6 is 0 Å². The maximum Gasteiger partial charge on any atom is 0.416 e. The Balaban J connectivity index is 1.31. The Morgan fingerprint density at radius 2 is 1.83 bits per heavy atom. The lowest BCUT2D eigenvalue weighted by molar-refractivity contribution is -0.157. The summed E-state index contributed by atoms with van der Waals surface area (Å²) in [5, 5.41) is 0. The number of hydrogen-bond acceptors (Lipinski definition) is 8. The van der Waals surface area contributed by atoms with Crippen molar-refractivity contribution in [2.24, 2.45) is 5.92 Å². The number of anilines is 1. The zero-order chi connectivity index (χ0) is 25.2. The molecule has 1 aliphatic carbocycles. The van der Waals surface area contributed by atoms with Gasteiger partial charge in [-0.25, -0.2) is 22.4 Å². The molecule has 1 saturated carbocycles. The first-order valence-electron chi connectivity index (χ1n) is 11.7. The van der Waals surface area contributed by atoms with Crippen molar-refractivity contribution in [3.8, 4) is 0 Å². The molecule has 0 bridgehead atoms. The number of esters is 1. The van der Waals surface area contributed by atoms with Crippen LogP contribution in [0.3, 0.4) is 0 Å². The van der Waals surface area contributed by atoms with Crippen LogP contribution in [0.15, 0.2) is 18.2 Å². The minimum absolute atomic E-state index is 0.0290. The molecule has 0 radical (unpaired) electrons. The van der Waals surface area contributed by atoms with Gasteiger partial charge in [0.05, 0.1) is 29.7 Å². The summed E-state index contributed by atoms with van der Waals surface area (Å²) in [6.07, 6.45) is 1.63. The van der Waals surface area contributed by atoms with Crippen LogP contribution in [0.5, 0.6) is 0 Å². The smallest absolute Gasteiger partial charge is 0.416 e. The van der Waals surface area contributed by atoms with E-state index in [0.29, 0.717) is 18.4 Å². The van der Waals surface area contributed by atoms with Gasteiger partial charge >= 0.3 is 18.2 Å². The molecule has 3 fully saturated rings. The number of sulfone groups is 1. The van der Waals surface area contributed by atoms with Crippen molar-refractivity contribution in [1.29, 1.82) is 0 Å². The predicted molar refractivity (Wildman–Crippen MR) is 122 cm³/mol. The molecule has 2 aliphatic heterocycles. The van der Waals surface area contributed by atoms with E-state index in [0.717, 1.165) is 30.6 Å². The van der Waals surface area contributed by atoms with E-state index >= 15 is 0 Å². The number of benzene rings is 1. The maximum absolute atomic E-state index is 14.9. The molecular formula is C23H29FN2O8S. The monoisotopic (exact) mass is 512 g/mol. The molecule has 12 heteroatoms. The van der Waals surface area contributed by atoms with Gasteiger partial charge in [-0.05, 0) is 49.3 Å². The zero-order valence-electron chi connectivity index (χ0n) is 19.5. The number of ether oxygens (including phenoxy) is 3. The lowest BCUT2D eigenvalue weighted by Gasteiger charge is -2.24. The van der Waals surface area contributed by atoms with Crippen LogP contribution < -0.4 is 4.90 Å². The molecule has 2 saturated heterocycles. The van der Waals surface area contributed by atoms with Crippen molar-refractivity contribution in [3.05, 3.63) is 29.6 Å². The standard InChI is InChI=1S/C23H29FN2O8S/c1-25(22(28)33-14-32-21(27)16-4-2-3-5-16)20-13-26(23(29)34-20)17-6-7-18(19(24)12-17)15-8-10-35(30,31)11-9-15/h6-7,12,15-16,20H,2-5,8-11,13-14H2,1H3/t20-/m0/s1. The second kappa shape index (κ2) is 10.4. The minimum Gasteiger partial charge on any atom is -0.428 e. The van der Waals surface area contributed by atoms with Crippen molar-refractivity contribution in [3.63, 3.8) is 0 Å². The fraction of sp³-hybridized carbons (Fsp3) is 0.609.